The van der Waals surface area contributed by atoms with Gasteiger partial charge in [0.25, 0.3) is 5.56 Å². The number of aromatic nitrogens is 3. The molecule has 0 bridgehead atoms. The largest absolute Gasteiger partial charge is 0.339 e. The van der Waals surface area contributed by atoms with Crippen LogP contribution in [0.1, 0.15) is 13.8 Å². The fourth-order valence-corrected chi connectivity index (χ4v) is 3.86. The van der Waals surface area contributed by atoms with Crippen molar-refractivity contribution in [1.82, 2.24) is 24.3 Å². The zero-order valence-electron chi connectivity index (χ0n) is 15.2. The molecule has 0 atom stereocenters. The van der Waals surface area contributed by atoms with Crippen molar-refractivity contribution in [3.63, 3.8) is 0 Å². The Labute approximate surface area is 147 Å². The highest BCUT2D eigenvalue weighted by Gasteiger charge is 2.35. The lowest BCUT2D eigenvalue weighted by molar-refractivity contribution is 0.0672. The summed E-state index contributed by atoms with van der Waals surface area (Å²) in [6.07, 6.45) is 3.31. The second-order valence-corrected chi connectivity index (χ2v) is 7.39. The maximum absolute atomic E-state index is 12.5. The molecule has 0 radical (unpaired) electrons. The van der Waals surface area contributed by atoms with Gasteiger partial charge in [0.05, 0.1) is 17.1 Å². The lowest BCUT2D eigenvalue weighted by Crippen LogP contribution is -2.64. The number of fused-ring (bicyclic) bond motifs is 1. The van der Waals surface area contributed by atoms with E-state index in [1.807, 2.05) is 0 Å². The summed E-state index contributed by atoms with van der Waals surface area (Å²) >= 11 is 0. The normalized spacial score (nSPS) is 20.4. The monoisotopic (exact) mass is 342 g/mol. The second-order valence-electron chi connectivity index (χ2n) is 7.39. The van der Waals surface area contributed by atoms with E-state index < -0.39 is 0 Å². The first-order valence-corrected chi connectivity index (χ1v) is 9.08. The van der Waals surface area contributed by atoms with Gasteiger partial charge in [-0.05, 0) is 19.9 Å². The molecule has 0 aromatic carbocycles. The highest BCUT2D eigenvalue weighted by Crippen LogP contribution is 2.23. The van der Waals surface area contributed by atoms with E-state index in [-0.39, 0.29) is 5.56 Å². The summed E-state index contributed by atoms with van der Waals surface area (Å²) in [5.74, 6) is 0.752. The number of hydrogen-bond donors (Lipinski definition) is 0. The van der Waals surface area contributed by atoms with Crippen LogP contribution in [0.2, 0.25) is 0 Å². The van der Waals surface area contributed by atoms with Gasteiger partial charge >= 0.3 is 0 Å². The van der Waals surface area contributed by atoms with Crippen LogP contribution in [0.25, 0.3) is 10.9 Å². The van der Waals surface area contributed by atoms with Gasteiger partial charge in [-0.3, -0.25) is 24.1 Å². The fourth-order valence-electron chi connectivity index (χ4n) is 3.86. The quantitative estimate of drug-likeness (QED) is 0.812. The number of pyridine rings is 1. The Morgan fingerprint density at radius 1 is 1.16 bits per heavy atom. The summed E-state index contributed by atoms with van der Waals surface area (Å²) < 4.78 is 1.66. The minimum Gasteiger partial charge on any atom is -0.339 e. The molecule has 2 fully saturated rings. The zero-order valence-corrected chi connectivity index (χ0v) is 15.2. The lowest BCUT2D eigenvalue weighted by Gasteiger charge is -2.49. The van der Waals surface area contributed by atoms with Gasteiger partial charge in [0, 0.05) is 64.6 Å². The Balaban J connectivity index is 1.45. The molecule has 4 heterocycles. The van der Waals surface area contributed by atoms with Gasteiger partial charge in [-0.15, -0.1) is 0 Å². The van der Waals surface area contributed by atoms with Gasteiger partial charge in [-0.2, -0.15) is 0 Å². The Bertz CT molecular complexity index is 818. The molecule has 4 rings (SSSR count). The summed E-state index contributed by atoms with van der Waals surface area (Å²) in [5, 5.41) is 0.628. The first kappa shape index (κ1) is 16.5. The van der Waals surface area contributed by atoms with Crippen LogP contribution in [0.3, 0.4) is 0 Å². The standard InChI is InChI=1S/C18H26N6O/c1-13(2)22-6-8-23(9-7-22)14-11-24(12-14)18-20-16-10-19-5-4-15(16)17(25)21(18)3/h4-5,10,13-14H,6-9,11-12H2,1-3H3. The van der Waals surface area contributed by atoms with E-state index in [2.05, 4.69) is 38.5 Å². The summed E-state index contributed by atoms with van der Waals surface area (Å²) in [5.41, 5.74) is 0.672. The van der Waals surface area contributed by atoms with Crippen molar-refractivity contribution in [2.45, 2.75) is 25.9 Å². The molecule has 2 aliphatic heterocycles. The average molecular weight is 342 g/mol. The number of piperazine rings is 1. The summed E-state index contributed by atoms with van der Waals surface area (Å²) in [6.45, 7) is 11.0. The van der Waals surface area contributed by atoms with Crippen molar-refractivity contribution >= 4 is 16.9 Å². The van der Waals surface area contributed by atoms with Crippen LogP contribution in [0, 0.1) is 0 Å². The van der Waals surface area contributed by atoms with Crippen LogP contribution < -0.4 is 10.5 Å². The predicted octanol–water partition coefficient (Wildman–Crippen LogP) is 0.543. The van der Waals surface area contributed by atoms with Crippen LogP contribution in [0.4, 0.5) is 5.95 Å². The molecule has 7 nitrogen and oxygen atoms in total. The molecule has 134 valence electrons. The van der Waals surface area contributed by atoms with E-state index in [0.29, 0.717) is 23.0 Å². The maximum atomic E-state index is 12.5. The third-order valence-corrected chi connectivity index (χ3v) is 5.60. The van der Waals surface area contributed by atoms with Crippen molar-refractivity contribution in [3.8, 4) is 0 Å². The van der Waals surface area contributed by atoms with Crippen LogP contribution in [-0.2, 0) is 7.05 Å². The molecule has 2 aliphatic rings. The van der Waals surface area contributed by atoms with E-state index in [1.165, 1.54) is 0 Å². The van der Waals surface area contributed by atoms with Crippen LogP contribution >= 0.6 is 0 Å². The Kier molecular flexibility index (Phi) is 4.21. The van der Waals surface area contributed by atoms with Gasteiger partial charge in [-0.25, -0.2) is 4.98 Å². The molecule has 0 unspecified atom stereocenters. The molecule has 2 aromatic rings. The molecule has 0 spiro atoms. The van der Waals surface area contributed by atoms with Gasteiger partial charge in [0.1, 0.15) is 0 Å². The van der Waals surface area contributed by atoms with Crippen LogP contribution in [0.5, 0.6) is 0 Å². The molecule has 0 amide bonds. The fraction of sp³-hybridized carbons (Fsp3) is 0.611. The van der Waals surface area contributed by atoms with Crippen molar-refractivity contribution in [3.05, 3.63) is 28.8 Å². The van der Waals surface area contributed by atoms with E-state index >= 15 is 0 Å². The van der Waals surface area contributed by atoms with Gasteiger partial charge < -0.3 is 4.90 Å². The number of hydrogen-bond acceptors (Lipinski definition) is 6. The van der Waals surface area contributed by atoms with Gasteiger partial charge in [0.15, 0.2) is 0 Å². The number of rotatable bonds is 3. The molecule has 25 heavy (non-hydrogen) atoms. The van der Waals surface area contributed by atoms with E-state index in [1.54, 1.807) is 30.1 Å². The van der Waals surface area contributed by atoms with Crippen molar-refractivity contribution < 1.29 is 0 Å². The SMILES string of the molecule is CC(C)N1CCN(C2CN(c3nc4cnccc4c(=O)n3C)C2)CC1. The third-order valence-electron chi connectivity index (χ3n) is 5.60. The molecule has 7 heteroatoms. The van der Waals surface area contributed by atoms with Crippen LogP contribution in [-0.4, -0.2) is 75.7 Å². The Morgan fingerprint density at radius 2 is 1.88 bits per heavy atom. The van der Waals surface area contributed by atoms with E-state index in [4.69, 9.17) is 0 Å². The second kappa shape index (κ2) is 6.38. The van der Waals surface area contributed by atoms with E-state index in [9.17, 15) is 4.79 Å². The predicted molar refractivity (Wildman–Crippen MR) is 99.1 cm³/mol. The van der Waals surface area contributed by atoms with Gasteiger partial charge in [-0.1, -0.05) is 0 Å². The molecule has 0 aliphatic carbocycles. The van der Waals surface area contributed by atoms with E-state index in [0.717, 1.165) is 45.2 Å². The first-order valence-electron chi connectivity index (χ1n) is 9.08. The summed E-state index contributed by atoms with van der Waals surface area (Å²) in [4.78, 5) is 28.6. The first-order chi connectivity index (χ1) is 12.0. The Hall–Kier alpha value is -1.99. The van der Waals surface area contributed by atoms with Crippen molar-refractivity contribution in [1.29, 1.82) is 0 Å². The Morgan fingerprint density at radius 3 is 2.56 bits per heavy atom. The summed E-state index contributed by atoms with van der Waals surface area (Å²) in [6, 6.07) is 2.93. The smallest absolute Gasteiger partial charge is 0.262 e. The lowest BCUT2D eigenvalue weighted by atomic mass is 10.1. The molecule has 0 N–H and O–H groups in total. The minimum absolute atomic E-state index is 0.00334. The molecule has 2 aromatic heterocycles. The molecule has 0 saturated carbocycles. The number of anilines is 1. The van der Waals surface area contributed by atoms with Crippen LogP contribution in [0.15, 0.2) is 23.3 Å². The highest BCUT2D eigenvalue weighted by molar-refractivity contribution is 5.77. The molecular formula is C18H26N6O. The minimum atomic E-state index is -0.00334. The molecular weight excluding hydrogens is 316 g/mol. The van der Waals surface area contributed by atoms with Gasteiger partial charge in [0.2, 0.25) is 5.95 Å². The van der Waals surface area contributed by atoms with Crippen molar-refractivity contribution in [2.24, 2.45) is 7.05 Å². The zero-order chi connectivity index (χ0) is 17.6. The third kappa shape index (κ3) is 2.91. The average Bonchev–Trinajstić information content (AvgIpc) is 2.58. The number of nitrogens with zero attached hydrogens (tertiary/aromatic N) is 6. The summed E-state index contributed by atoms with van der Waals surface area (Å²) in [7, 11) is 1.80. The van der Waals surface area contributed by atoms with Crippen molar-refractivity contribution in [2.75, 3.05) is 44.2 Å². The molecule has 2 saturated heterocycles. The highest BCUT2D eigenvalue weighted by atomic mass is 16.1. The maximum Gasteiger partial charge on any atom is 0.262 e. The topological polar surface area (TPSA) is 57.5 Å².